The average molecular weight is 444 g/mol. The lowest BCUT2D eigenvalue weighted by Crippen LogP contribution is -2.45. The van der Waals surface area contributed by atoms with Crippen LogP contribution in [0, 0.1) is 19.8 Å². The van der Waals surface area contributed by atoms with Crippen LogP contribution in [-0.4, -0.2) is 53.9 Å². The van der Waals surface area contributed by atoms with Crippen molar-refractivity contribution >= 4 is 17.8 Å². The quantitative estimate of drug-likeness (QED) is 0.580. The molecule has 1 aliphatic heterocycles. The Kier molecular flexibility index (Phi) is 8.14. The van der Waals surface area contributed by atoms with Gasteiger partial charge in [0.15, 0.2) is 0 Å². The van der Waals surface area contributed by atoms with E-state index in [1.807, 2.05) is 26.0 Å². The molecule has 2 aromatic rings. The Morgan fingerprint density at radius 2 is 2.09 bits per heavy atom. The highest BCUT2D eigenvalue weighted by molar-refractivity contribution is 5.90. The lowest BCUT2D eigenvalue weighted by atomic mass is 9.96. The maximum Gasteiger partial charge on any atom is 0.355 e. The highest BCUT2D eigenvalue weighted by Crippen LogP contribution is 2.22. The van der Waals surface area contributed by atoms with Gasteiger partial charge in [0.1, 0.15) is 11.5 Å². The summed E-state index contributed by atoms with van der Waals surface area (Å²) in [7, 11) is 0. The van der Waals surface area contributed by atoms with Crippen LogP contribution in [0.25, 0.3) is 0 Å². The van der Waals surface area contributed by atoms with E-state index < -0.39 is 0 Å². The van der Waals surface area contributed by atoms with E-state index in [1.165, 1.54) is 0 Å². The summed E-state index contributed by atoms with van der Waals surface area (Å²) in [6.07, 6.45) is 4.76. The molecule has 2 aromatic heterocycles. The molecule has 174 valence electrons. The van der Waals surface area contributed by atoms with Crippen LogP contribution >= 0.6 is 0 Å². The summed E-state index contributed by atoms with van der Waals surface area (Å²) in [6, 6.07) is 3.71. The van der Waals surface area contributed by atoms with Crippen LogP contribution in [-0.2, 0) is 27.2 Å². The largest absolute Gasteiger partial charge is 0.469 e. The number of hydrogen-bond donors (Lipinski definition) is 2. The molecule has 1 atom stereocenters. The van der Waals surface area contributed by atoms with E-state index in [-0.39, 0.29) is 23.7 Å². The number of nitrogens with one attached hydrogen (secondary N) is 2. The van der Waals surface area contributed by atoms with E-state index in [2.05, 4.69) is 10.3 Å². The van der Waals surface area contributed by atoms with Gasteiger partial charge in [-0.15, -0.1) is 0 Å². The average Bonchev–Trinajstić information content (AvgIpc) is 3.40. The van der Waals surface area contributed by atoms with Gasteiger partial charge in [0.2, 0.25) is 11.8 Å². The number of H-pyrrole nitrogens is 1. The minimum atomic E-state index is -0.373. The van der Waals surface area contributed by atoms with E-state index in [0.29, 0.717) is 51.2 Å². The number of amides is 2. The molecule has 0 saturated carbocycles. The van der Waals surface area contributed by atoms with Crippen LogP contribution < -0.4 is 5.32 Å². The van der Waals surface area contributed by atoms with Gasteiger partial charge in [0, 0.05) is 38.2 Å². The number of nitrogens with zero attached hydrogens (tertiary/aromatic N) is 1. The Labute approximate surface area is 188 Å². The zero-order chi connectivity index (χ0) is 23.1. The van der Waals surface area contributed by atoms with Gasteiger partial charge in [-0.05, 0) is 63.3 Å². The van der Waals surface area contributed by atoms with Crippen LogP contribution in [0.15, 0.2) is 22.8 Å². The fourth-order valence-electron chi connectivity index (χ4n) is 4.29. The number of ether oxygens (including phenoxy) is 1. The van der Waals surface area contributed by atoms with Gasteiger partial charge in [0.05, 0.1) is 18.8 Å². The van der Waals surface area contributed by atoms with Crippen LogP contribution in [0.3, 0.4) is 0 Å². The van der Waals surface area contributed by atoms with Gasteiger partial charge in [-0.25, -0.2) is 4.79 Å². The molecule has 1 fully saturated rings. The second kappa shape index (κ2) is 11.0. The third-order valence-electron chi connectivity index (χ3n) is 6.06. The third kappa shape index (κ3) is 5.81. The fourth-order valence-corrected chi connectivity index (χ4v) is 4.29. The zero-order valence-electron chi connectivity index (χ0n) is 19.2. The van der Waals surface area contributed by atoms with Crippen molar-refractivity contribution in [2.24, 2.45) is 5.92 Å². The number of carbonyl (C=O) groups excluding carboxylic acids is 3. The number of aromatic nitrogens is 1. The Hall–Kier alpha value is -3.03. The lowest BCUT2D eigenvalue weighted by Gasteiger charge is -2.32. The van der Waals surface area contributed by atoms with Gasteiger partial charge in [0.25, 0.3) is 0 Å². The molecule has 1 saturated heterocycles. The summed E-state index contributed by atoms with van der Waals surface area (Å²) in [5.74, 6) is 0.312. The molecule has 3 rings (SSSR count). The highest BCUT2D eigenvalue weighted by atomic mass is 16.5. The molecular formula is C24H33N3O5. The first-order chi connectivity index (χ1) is 15.4. The molecule has 32 heavy (non-hydrogen) atoms. The zero-order valence-corrected chi connectivity index (χ0v) is 19.2. The highest BCUT2D eigenvalue weighted by Gasteiger charge is 2.28. The van der Waals surface area contributed by atoms with Crippen molar-refractivity contribution in [1.82, 2.24) is 15.2 Å². The lowest BCUT2D eigenvalue weighted by molar-refractivity contribution is -0.135. The first kappa shape index (κ1) is 23.6. The number of esters is 1. The number of carbonyl (C=O) groups is 3. The first-order valence-corrected chi connectivity index (χ1v) is 11.3. The summed E-state index contributed by atoms with van der Waals surface area (Å²) < 4.78 is 10.4. The van der Waals surface area contributed by atoms with E-state index in [9.17, 15) is 14.4 Å². The van der Waals surface area contributed by atoms with Gasteiger partial charge >= 0.3 is 5.97 Å². The van der Waals surface area contributed by atoms with Crippen LogP contribution in [0.4, 0.5) is 0 Å². The van der Waals surface area contributed by atoms with E-state index >= 15 is 0 Å². The van der Waals surface area contributed by atoms with Crippen molar-refractivity contribution in [3.8, 4) is 0 Å². The summed E-state index contributed by atoms with van der Waals surface area (Å²) in [4.78, 5) is 42.4. The second-order valence-corrected chi connectivity index (χ2v) is 8.25. The summed E-state index contributed by atoms with van der Waals surface area (Å²) >= 11 is 0. The molecule has 8 nitrogen and oxygen atoms in total. The minimum Gasteiger partial charge on any atom is -0.469 e. The van der Waals surface area contributed by atoms with Crippen molar-refractivity contribution in [2.45, 2.75) is 52.9 Å². The molecule has 0 aliphatic carbocycles. The molecule has 0 aromatic carbocycles. The van der Waals surface area contributed by atoms with Crippen molar-refractivity contribution in [3.63, 3.8) is 0 Å². The number of aromatic amines is 1. The van der Waals surface area contributed by atoms with Crippen LogP contribution in [0.5, 0.6) is 0 Å². The number of piperidine rings is 1. The number of likely N-dealkylation sites (tertiary alicyclic amines) is 1. The summed E-state index contributed by atoms with van der Waals surface area (Å²) in [5, 5.41) is 2.96. The number of hydrogen-bond acceptors (Lipinski definition) is 5. The third-order valence-corrected chi connectivity index (χ3v) is 6.06. The maximum absolute atomic E-state index is 12.9. The molecule has 1 aliphatic rings. The van der Waals surface area contributed by atoms with Gasteiger partial charge in [-0.1, -0.05) is 0 Å². The predicted molar refractivity (Wildman–Crippen MR) is 119 cm³/mol. The molecule has 2 amide bonds. The van der Waals surface area contributed by atoms with Crippen LogP contribution in [0.1, 0.15) is 59.3 Å². The Morgan fingerprint density at radius 3 is 2.81 bits per heavy atom. The van der Waals surface area contributed by atoms with E-state index in [1.54, 1.807) is 18.1 Å². The Balaban J connectivity index is 1.50. The maximum atomic E-state index is 12.9. The molecule has 0 unspecified atom stereocenters. The van der Waals surface area contributed by atoms with E-state index in [4.69, 9.17) is 9.15 Å². The van der Waals surface area contributed by atoms with E-state index in [0.717, 1.165) is 35.4 Å². The molecule has 2 N–H and O–H groups in total. The smallest absolute Gasteiger partial charge is 0.355 e. The predicted octanol–water partition coefficient (Wildman–Crippen LogP) is 2.93. The topological polar surface area (TPSA) is 105 Å². The van der Waals surface area contributed by atoms with Gasteiger partial charge in [-0.2, -0.15) is 0 Å². The molecular weight excluding hydrogens is 410 g/mol. The molecule has 8 heteroatoms. The molecule has 0 spiro atoms. The minimum absolute atomic E-state index is 0.00884. The Bertz CT molecular complexity index is 932. The monoisotopic (exact) mass is 443 g/mol. The molecule has 0 bridgehead atoms. The molecule has 0 radical (unpaired) electrons. The van der Waals surface area contributed by atoms with Gasteiger partial charge in [-0.3, -0.25) is 9.59 Å². The second-order valence-electron chi connectivity index (χ2n) is 8.25. The summed E-state index contributed by atoms with van der Waals surface area (Å²) in [5.41, 5.74) is 3.15. The van der Waals surface area contributed by atoms with Crippen LogP contribution in [0.2, 0.25) is 0 Å². The number of aryl methyl sites for hydroxylation is 1. The Morgan fingerprint density at radius 1 is 1.28 bits per heavy atom. The molecule has 3 heterocycles. The van der Waals surface area contributed by atoms with Gasteiger partial charge < -0.3 is 24.4 Å². The standard InChI is InChI=1S/C24H33N3O5/c1-4-31-24(30)22-16(2)20(17(3)26-22)9-10-21(28)27-13-5-7-18(15-27)23(29)25-12-11-19-8-6-14-32-19/h6,8,14,18,26H,4-5,7,9-13,15H2,1-3H3,(H,25,29)/t18-/m0/s1. The summed E-state index contributed by atoms with van der Waals surface area (Å²) in [6.45, 7) is 7.51. The number of rotatable bonds is 9. The number of furan rings is 1. The first-order valence-electron chi connectivity index (χ1n) is 11.3. The SMILES string of the molecule is CCOC(=O)c1[nH]c(C)c(CCC(=O)N2CCC[C@H](C(=O)NCCc3ccco3)C2)c1C. The van der Waals surface area contributed by atoms with Crippen molar-refractivity contribution < 1.29 is 23.5 Å². The fraction of sp³-hybridized carbons (Fsp3) is 0.542. The van der Waals surface area contributed by atoms with Crippen molar-refractivity contribution in [3.05, 3.63) is 46.7 Å². The van der Waals surface area contributed by atoms with Crippen molar-refractivity contribution in [2.75, 3.05) is 26.2 Å². The van der Waals surface area contributed by atoms with Crippen molar-refractivity contribution in [1.29, 1.82) is 0 Å². The normalized spacial score (nSPS) is 16.1.